The van der Waals surface area contributed by atoms with Crippen LogP contribution in [0.5, 0.6) is 0 Å². The molecule has 19 heavy (non-hydrogen) atoms. The summed E-state index contributed by atoms with van der Waals surface area (Å²) in [5.41, 5.74) is 0.550. The lowest BCUT2D eigenvalue weighted by molar-refractivity contribution is 0.0690. The molecule has 6 nitrogen and oxygen atoms in total. The van der Waals surface area contributed by atoms with Gasteiger partial charge in [0.25, 0.3) is 0 Å². The van der Waals surface area contributed by atoms with Crippen LogP contribution in [0.1, 0.15) is 43.0 Å². The van der Waals surface area contributed by atoms with Crippen molar-refractivity contribution in [2.24, 2.45) is 0 Å². The molecule has 0 aliphatic heterocycles. The summed E-state index contributed by atoms with van der Waals surface area (Å²) in [6.45, 7) is 7.56. The summed E-state index contributed by atoms with van der Waals surface area (Å²) in [4.78, 5) is 21.4. The molecule has 1 N–H and O–H groups in total. The lowest BCUT2D eigenvalue weighted by Gasteiger charge is -2.20. The quantitative estimate of drug-likeness (QED) is 0.759. The molecule has 0 bridgehead atoms. The second-order valence-corrected chi connectivity index (χ2v) is 4.54. The highest BCUT2D eigenvalue weighted by molar-refractivity contribution is 5.91. The van der Waals surface area contributed by atoms with E-state index < -0.39 is 5.97 Å². The summed E-state index contributed by atoms with van der Waals surface area (Å²) in [6.07, 6.45) is 1.57. The third-order valence-electron chi connectivity index (χ3n) is 2.69. The number of ether oxygens (including phenoxy) is 1. The van der Waals surface area contributed by atoms with Gasteiger partial charge in [-0.25, -0.2) is 14.8 Å². The van der Waals surface area contributed by atoms with Crippen molar-refractivity contribution in [3.05, 3.63) is 17.7 Å². The number of aromatic nitrogens is 2. The first-order valence-corrected chi connectivity index (χ1v) is 6.36. The van der Waals surface area contributed by atoms with Crippen LogP contribution in [-0.4, -0.2) is 47.8 Å². The van der Waals surface area contributed by atoms with Gasteiger partial charge in [-0.2, -0.15) is 0 Å². The zero-order valence-electron chi connectivity index (χ0n) is 11.9. The van der Waals surface area contributed by atoms with Crippen molar-refractivity contribution >= 4 is 11.7 Å². The summed E-state index contributed by atoms with van der Waals surface area (Å²) in [7, 11) is 1.80. The van der Waals surface area contributed by atoms with Crippen molar-refractivity contribution < 1.29 is 14.6 Å². The Morgan fingerprint density at radius 3 is 2.74 bits per heavy atom. The molecule has 0 saturated carbocycles. The third-order valence-corrected chi connectivity index (χ3v) is 2.69. The first kappa shape index (κ1) is 15.4. The lowest BCUT2D eigenvalue weighted by Crippen LogP contribution is -2.26. The fraction of sp³-hybridized carbons (Fsp3) is 0.615. The molecule has 0 atom stereocenters. The molecule has 0 aliphatic carbocycles. The number of hydrogen-bond donors (Lipinski definition) is 1. The van der Waals surface area contributed by atoms with E-state index in [0.29, 0.717) is 31.3 Å². The predicted molar refractivity (Wildman–Crippen MR) is 72.8 cm³/mol. The van der Waals surface area contributed by atoms with Crippen LogP contribution >= 0.6 is 0 Å². The molecule has 1 aromatic rings. The second kappa shape index (κ2) is 7.04. The van der Waals surface area contributed by atoms with Crippen LogP contribution in [0.4, 0.5) is 5.69 Å². The molecule has 106 valence electrons. The maximum absolute atomic E-state index is 11.3. The Hall–Kier alpha value is -1.69. The van der Waals surface area contributed by atoms with E-state index in [1.54, 1.807) is 18.1 Å². The van der Waals surface area contributed by atoms with E-state index in [9.17, 15) is 9.90 Å². The molecule has 1 aromatic heterocycles. The Labute approximate surface area is 113 Å². The molecular formula is C13H21N3O3. The molecule has 0 spiro atoms. The van der Waals surface area contributed by atoms with E-state index in [2.05, 4.69) is 9.97 Å². The molecule has 0 unspecified atom stereocenters. The Kier molecular flexibility index (Phi) is 5.69. The highest BCUT2D eigenvalue weighted by atomic mass is 16.5. The van der Waals surface area contributed by atoms with Crippen molar-refractivity contribution in [1.82, 2.24) is 9.97 Å². The van der Waals surface area contributed by atoms with Crippen LogP contribution in [0, 0.1) is 0 Å². The van der Waals surface area contributed by atoms with E-state index in [4.69, 9.17) is 4.74 Å². The topological polar surface area (TPSA) is 75.5 Å². The molecule has 1 rings (SSSR count). The Bertz CT molecular complexity index is 435. The second-order valence-electron chi connectivity index (χ2n) is 4.54. The molecule has 1 heterocycles. The maximum atomic E-state index is 11.3. The van der Waals surface area contributed by atoms with Crippen molar-refractivity contribution in [3.63, 3.8) is 0 Å². The largest absolute Gasteiger partial charge is 0.476 e. The summed E-state index contributed by atoms with van der Waals surface area (Å²) in [5.74, 6) is -0.400. The van der Waals surface area contributed by atoms with Crippen molar-refractivity contribution in [3.8, 4) is 0 Å². The summed E-state index contributed by atoms with van der Waals surface area (Å²) < 4.78 is 5.26. The highest BCUT2D eigenvalue weighted by Crippen LogP contribution is 2.19. The average molecular weight is 267 g/mol. The minimum Gasteiger partial charge on any atom is -0.476 e. The Morgan fingerprint density at radius 1 is 1.53 bits per heavy atom. The minimum absolute atomic E-state index is 0.0395. The van der Waals surface area contributed by atoms with Gasteiger partial charge in [0.2, 0.25) is 0 Å². The minimum atomic E-state index is -1.04. The highest BCUT2D eigenvalue weighted by Gasteiger charge is 2.18. The molecule has 0 amide bonds. The molecule has 6 heteroatoms. The zero-order valence-corrected chi connectivity index (χ0v) is 11.9. The van der Waals surface area contributed by atoms with Gasteiger partial charge in [0, 0.05) is 26.1 Å². The number of carbonyl (C=O) groups is 1. The Balaban J connectivity index is 2.96. The van der Waals surface area contributed by atoms with Gasteiger partial charge in [-0.05, 0) is 6.92 Å². The first-order valence-electron chi connectivity index (χ1n) is 6.36. The van der Waals surface area contributed by atoms with Gasteiger partial charge in [-0.15, -0.1) is 0 Å². The van der Waals surface area contributed by atoms with Gasteiger partial charge >= 0.3 is 5.97 Å². The molecule has 0 aromatic carbocycles. The zero-order chi connectivity index (χ0) is 14.4. The predicted octanol–water partition coefficient (Wildman–Crippen LogP) is 1.77. The van der Waals surface area contributed by atoms with Crippen molar-refractivity contribution in [2.75, 3.05) is 31.7 Å². The van der Waals surface area contributed by atoms with Gasteiger partial charge < -0.3 is 14.7 Å². The van der Waals surface area contributed by atoms with E-state index >= 15 is 0 Å². The molecule has 0 aliphatic rings. The van der Waals surface area contributed by atoms with Crippen molar-refractivity contribution in [2.45, 2.75) is 26.7 Å². The molecular weight excluding hydrogens is 246 g/mol. The number of rotatable bonds is 7. The van der Waals surface area contributed by atoms with Crippen LogP contribution < -0.4 is 4.90 Å². The van der Waals surface area contributed by atoms with Crippen LogP contribution in [0.25, 0.3) is 0 Å². The van der Waals surface area contributed by atoms with E-state index in [-0.39, 0.29) is 11.6 Å². The molecule has 0 saturated heterocycles. The smallest absolute Gasteiger partial charge is 0.356 e. The fourth-order valence-corrected chi connectivity index (χ4v) is 1.57. The average Bonchev–Trinajstić information content (AvgIpc) is 2.38. The van der Waals surface area contributed by atoms with Crippen molar-refractivity contribution in [1.29, 1.82) is 0 Å². The normalized spacial score (nSPS) is 10.8. The van der Waals surface area contributed by atoms with Crippen LogP contribution in [0.15, 0.2) is 6.20 Å². The van der Waals surface area contributed by atoms with Gasteiger partial charge in [0.05, 0.1) is 18.5 Å². The number of likely N-dealkylation sites (N-methyl/N-ethyl adjacent to an activating group) is 1. The van der Waals surface area contributed by atoms with Gasteiger partial charge in [0.15, 0.2) is 5.69 Å². The monoisotopic (exact) mass is 267 g/mol. The fourth-order valence-electron chi connectivity index (χ4n) is 1.57. The van der Waals surface area contributed by atoms with E-state index in [0.717, 1.165) is 0 Å². The van der Waals surface area contributed by atoms with Crippen LogP contribution in [-0.2, 0) is 4.74 Å². The van der Waals surface area contributed by atoms with Crippen LogP contribution in [0.2, 0.25) is 0 Å². The SMILES string of the molecule is CCOCCN(C)c1cnc(C(C)C)nc1C(=O)O. The van der Waals surface area contributed by atoms with Crippen LogP contribution in [0.3, 0.4) is 0 Å². The number of hydrogen-bond acceptors (Lipinski definition) is 5. The van der Waals surface area contributed by atoms with Gasteiger partial charge in [-0.1, -0.05) is 13.8 Å². The van der Waals surface area contributed by atoms with E-state index in [1.165, 1.54) is 0 Å². The first-order chi connectivity index (χ1) is 8.97. The Morgan fingerprint density at radius 2 is 2.21 bits per heavy atom. The summed E-state index contributed by atoms with van der Waals surface area (Å²) in [5, 5.41) is 9.24. The lowest BCUT2D eigenvalue weighted by atomic mass is 10.2. The van der Waals surface area contributed by atoms with Gasteiger partial charge in [-0.3, -0.25) is 0 Å². The number of carboxylic acid groups (broad SMARTS) is 1. The number of carboxylic acids is 1. The summed E-state index contributed by atoms with van der Waals surface area (Å²) in [6, 6.07) is 0. The maximum Gasteiger partial charge on any atom is 0.356 e. The molecule has 0 radical (unpaired) electrons. The van der Waals surface area contributed by atoms with Gasteiger partial charge in [0.1, 0.15) is 5.82 Å². The number of anilines is 1. The third kappa shape index (κ3) is 4.17. The summed E-state index contributed by atoms with van der Waals surface area (Å²) >= 11 is 0. The number of aromatic carboxylic acids is 1. The standard InChI is InChI=1S/C13H21N3O3/c1-5-19-7-6-16(4)10-8-14-12(9(2)3)15-11(10)13(17)18/h8-9H,5-7H2,1-4H3,(H,17,18). The van der Waals surface area contributed by atoms with E-state index in [1.807, 2.05) is 20.8 Å². The number of nitrogens with zero attached hydrogens (tertiary/aromatic N) is 3. The molecule has 0 fully saturated rings.